The highest BCUT2D eigenvalue weighted by Crippen LogP contribution is 2.43. The lowest BCUT2D eigenvalue weighted by atomic mass is 9.64. The average molecular weight is 273 g/mol. The van der Waals surface area contributed by atoms with E-state index in [1.54, 1.807) is 0 Å². The van der Waals surface area contributed by atoms with Crippen molar-refractivity contribution in [1.82, 2.24) is 5.32 Å². The molecule has 4 nitrogen and oxygen atoms in total. The minimum Gasteiger partial charge on any atom is -0.394 e. The van der Waals surface area contributed by atoms with Gasteiger partial charge >= 0.3 is 0 Å². The van der Waals surface area contributed by atoms with Gasteiger partial charge in [-0.25, -0.2) is 0 Å². The highest BCUT2D eigenvalue weighted by Gasteiger charge is 2.42. The van der Waals surface area contributed by atoms with Gasteiger partial charge in [0.2, 0.25) is 0 Å². The second-order valence-corrected chi connectivity index (χ2v) is 6.99. The predicted octanol–water partition coefficient (Wildman–Crippen LogP) is 1.55. The third-order valence-electron chi connectivity index (χ3n) is 3.99. The predicted molar refractivity (Wildman–Crippen MR) is 77.1 cm³/mol. The Balaban J connectivity index is 2.55. The number of ether oxygens (including phenoxy) is 1. The van der Waals surface area contributed by atoms with Gasteiger partial charge in [-0.05, 0) is 37.5 Å². The maximum absolute atomic E-state index is 9.85. The summed E-state index contributed by atoms with van der Waals surface area (Å²) >= 11 is 0. The third-order valence-corrected chi connectivity index (χ3v) is 3.99. The van der Waals surface area contributed by atoms with Crippen molar-refractivity contribution < 1.29 is 14.9 Å². The standard InChI is InChI=1S/C15H31NO3/c1-5-19-9-13(18)8-16-15(11-17)7-12(2)6-14(3,4)10-15/h12-13,16-18H,5-11H2,1-4H3. The zero-order valence-corrected chi connectivity index (χ0v) is 12.9. The molecule has 0 aromatic rings. The Hall–Kier alpha value is -0.160. The molecule has 19 heavy (non-hydrogen) atoms. The Labute approximate surface area is 117 Å². The van der Waals surface area contributed by atoms with E-state index in [9.17, 15) is 10.2 Å². The first-order valence-electron chi connectivity index (χ1n) is 7.44. The molecular formula is C15H31NO3. The molecule has 0 aliphatic heterocycles. The van der Waals surface area contributed by atoms with Crippen LogP contribution >= 0.6 is 0 Å². The molecular weight excluding hydrogens is 242 g/mol. The number of aliphatic hydroxyl groups excluding tert-OH is 2. The van der Waals surface area contributed by atoms with Crippen LogP contribution in [0.15, 0.2) is 0 Å². The molecule has 0 aromatic heterocycles. The summed E-state index contributed by atoms with van der Waals surface area (Å²) in [5.74, 6) is 0.590. The number of β-amino-alcohol motifs (C(OH)–C–C–N with tert-alkyl or cyclic N) is 1. The molecule has 0 saturated heterocycles. The minimum absolute atomic E-state index is 0.127. The molecule has 0 radical (unpaired) electrons. The van der Waals surface area contributed by atoms with E-state index in [2.05, 4.69) is 26.1 Å². The highest BCUT2D eigenvalue weighted by atomic mass is 16.5. The Morgan fingerprint density at radius 1 is 1.37 bits per heavy atom. The van der Waals surface area contributed by atoms with E-state index in [1.807, 2.05) is 6.92 Å². The summed E-state index contributed by atoms with van der Waals surface area (Å²) in [6, 6.07) is 0. The lowest BCUT2D eigenvalue weighted by molar-refractivity contribution is 0.00786. The quantitative estimate of drug-likeness (QED) is 0.658. The molecule has 0 spiro atoms. The number of nitrogens with one attached hydrogen (secondary N) is 1. The van der Waals surface area contributed by atoms with Gasteiger partial charge in [0, 0.05) is 18.7 Å². The minimum atomic E-state index is -0.510. The van der Waals surface area contributed by atoms with Crippen molar-refractivity contribution in [3.8, 4) is 0 Å². The van der Waals surface area contributed by atoms with Gasteiger partial charge < -0.3 is 20.3 Å². The molecule has 0 bridgehead atoms. The Bertz CT molecular complexity index is 270. The number of aliphatic hydroxyl groups is 2. The molecule has 1 fully saturated rings. The van der Waals surface area contributed by atoms with E-state index in [1.165, 1.54) is 6.42 Å². The SMILES string of the molecule is CCOCC(O)CNC1(CO)CC(C)CC(C)(C)C1. The first-order chi connectivity index (χ1) is 8.82. The number of hydrogen-bond donors (Lipinski definition) is 3. The first-order valence-corrected chi connectivity index (χ1v) is 7.44. The second kappa shape index (κ2) is 7.02. The van der Waals surface area contributed by atoms with Crippen LogP contribution in [0.2, 0.25) is 0 Å². The van der Waals surface area contributed by atoms with E-state index in [0.717, 1.165) is 12.8 Å². The molecule has 4 heteroatoms. The summed E-state index contributed by atoms with van der Waals surface area (Å²) in [4.78, 5) is 0. The van der Waals surface area contributed by atoms with Gasteiger partial charge in [0.25, 0.3) is 0 Å². The molecule has 3 N–H and O–H groups in total. The van der Waals surface area contributed by atoms with Crippen molar-refractivity contribution in [1.29, 1.82) is 0 Å². The molecule has 1 aliphatic carbocycles. The lowest BCUT2D eigenvalue weighted by Gasteiger charge is -2.47. The van der Waals surface area contributed by atoms with Crippen LogP contribution < -0.4 is 5.32 Å². The van der Waals surface area contributed by atoms with Gasteiger partial charge in [0.1, 0.15) is 0 Å². The number of hydrogen-bond acceptors (Lipinski definition) is 4. The first kappa shape index (κ1) is 16.9. The van der Waals surface area contributed by atoms with Crippen molar-refractivity contribution in [3.63, 3.8) is 0 Å². The molecule has 3 atom stereocenters. The Kier molecular flexibility index (Phi) is 6.24. The zero-order valence-electron chi connectivity index (χ0n) is 12.9. The van der Waals surface area contributed by atoms with Crippen molar-refractivity contribution in [3.05, 3.63) is 0 Å². The fourth-order valence-corrected chi connectivity index (χ4v) is 3.70. The van der Waals surface area contributed by atoms with Crippen molar-refractivity contribution >= 4 is 0 Å². The van der Waals surface area contributed by atoms with E-state index in [4.69, 9.17) is 4.74 Å². The summed E-state index contributed by atoms with van der Waals surface area (Å²) in [6.07, 6.45) is 2.60. The van der Waals surface area contributed by atoms with Crippen LogP contribution in [0.1, 0.15) is 47.0 Å². The van der Waals surface area contributed by atoms with Crippen molar-refractivity contribution in [2.45, 2.75) is 58.6 Å². The van der Waals surface area contributed by atoms with Crippen LogP contribution in [0.5, 0.6) is 0 Å². The van der Waals surface area contributed by atoms with Crippen LogP contribution in [0.3, 0.4) is 0 Å². The molecule has 1 saturated carbocycles. The zero-order chi connectivity index (χ0) is 14.5. The van der Waals surface area contributed by atoms with Gasteiger partial charge in [-0.15, -0.1) is 0 Å². The highest BCUT2D eigenvalue weighted by molar-refractivity contribution is 4.98. The maximum Gasteiger partial charge on any atom is 0.0897 e. The fourth-order valence-electron chi connectivity index (χ4n) is 3.70. The van der Waals surface area contributed by atoms with Crippen molar-refractivity contribution in [2.75, 3.05) is 26.4 Å². The van der Waals surface area contributed by atoms with E-state index >= 15 is 0 Å². The molecule has 0 aromatic carbocycles. The Morgan fingerprint density at radius 2 is 2.05 bits per heavy atom. The molecule has 1 aliphatic rings. The van der Waals surface area contributed by atoms with Crippen LogP contribution in [-0.4, -0.2) is 48.2 Å². The van der Waals surface area contributed by atoms with Gasteiger partial charge in [-0.1, -0.05) is 20.8 Å². The third kappa shape index (κ3) is 5.38. The maximum atomic E-state index is 9.85. The van der Waals surface area contributed by atoms with Gasteiger partial charge in [0.05, 0.1) is 19.3 Å². The molecule has 1 rings (SSSR count). The van der Waals surface area contributed by atoms with Crippen LogP contribution in [0, 0.1) is 11.3 Å². The smallest absolute Gasteiger partial charge is 0.0897 e. The van der Waals surface area contributed by atoms with Crippen LogP contribution in [0.25, 0.3) is 0 Å². The second-order valence-electron chi connectivity index (χ2n) is 6.99. The molecule has 0 heterocycles. The Morgan fingerprint density at radius 3 is 2.58 bits per heavy atom. The van der Waals surface area contributed by atoms with Crippen LogP contribution in [0.4, 0.5) is 0 Å². The van der Waals surface area contributed by atoms with Crippen LogP contribution in [-0.2, 0) is 4.74 Å². The molecule has 3 unspecified atom stereocenters. The summed E-state index contributed by atoms with van der Waals surface area (Å²) in [5, 5.41) is 23.1. The van der Waals surface area contributed by atoms with Crippen molar-refractivity contribution in [2.24, 2.45) is 11.3 Å². The van der Waals surface area contributed by atoms with Gasteiger partial charge in [-0.3, -0.25) is 0 Å². The largest absolute Gasteiger partial charge is 0.394 e. The lowest BCUT2D eigenvalue weighted by Crippen LogP contribution is -2.57. The molecule has 0 amide bonds. The van der Waals surface area contributed by atoms with Gasteiger partial charge in [0.15, 0.2) is 0 Å². The summed E-state index contributed by atoms with van der Waals surface area (Å²) in [5.41, 5.74) is -0.0212. The van der Waals surface area contributed by atoms with E-state index in [-0.39, 0.29) is 17.6 Å². The van der Waals surface area contributed by atoms with E-state index < -0.39 is 6.10 Å². The fraction of sp³-hybridized carbons (Fsp3) is 1.00. The normalized spacial score (nSPS) is 32.2. The summed E-state index contributed by atoms with van der Waals surface area (Å²) in [6.45, 7) is 10.2. The summed E-state index contributed by atoms with van der Waals surface area (Å²) in [7, 11) is 0. The average Bonchev–Trinajstić information content (AvgIpc) is 2.31. The van der Waals surface area contributed by atoms with E-state index in [0.29, 0.717) is 25.7 Å². The topological polar surface area (TPSA) is 61.7 Å². The molecule has 114 valence electrons. The summed E-state index contributed by atoms with van der Waals surface area (Å²) < 4.78 is 5.21. The number of rotatable bonds is 7. The van der Waals surface area contributed by atoms with Gasteiger partial charge in [-0.2, -0.15) is 0 Å². The monoisotopic (exact) mass is 273 g/mol.